The summed E-state index contributed by atoms with van der Waals surface area (Å²) in [4.78, 5) is 11.8. The van der Waals surface area contributed by atoms with Crippen LogP contribution in [0, 0.1) is 11.6 Å². The van der Waals surface area contributed by atoms with E-state index in [-0.39, 0.29) is 5.56 Å². The van der Waals surface area contributed by atoms with Gasteiger partial charge in [-0.3, -0.25) is 10.6 Å². The molecule has 7 heteroatoms. The number of hydrazine groups is 1. The number of carbonyl (C=O) groups excluding carboxylic acids is 1. The van der Waals surface area contributed by atoms with Crippen molar-refractivity contribution < 1.29 is 13.6 Å². The first kappa shape index (κ1) is 14.4. The molecule has 0 atom stereocenters. The van der Waals surface area contributed by atoms with Crippen LogP contribution in [0.25, 0.3) is 0 Å². The first-order chi connectivity index (χ1) is 9.61. The molecule has 4 nitrogen and oxygen atoms in total. The molecule has 2 aromatic rings. The average Bonchev–Trinajstić information content (AvgIpc) is 2.91. The van der Waals surface area contributed by atoms with Crippen molar-refractivity contribution in [1.82, 2.24) is 5.32 Å². The van der Waals surface area contributed by atoms with E-state index in [4.69, 9.17) is 5.84 Å². The molecule has 1 heterocycles. The Morgan fingerprint density at radius 3 is 2.55 bits per heavy atom. The van der Waals surface area contributed by atoms with Gasteiger partial charge in [-0.05, 0) is 40.9 Å². The van der Waals surface area contributed by atoms with Crippen LogP contribution in [0.1, 0.15) is 15.9 Å². The van der Waals surface area contributed by atoms with Gasteiger partial charge in [0.25, 0.3) is 5.91 Å². The third-order valence-electron chi connectivity index (χ3n) is 2.73. The molecule has 2 rings (SSSR count). The summed E-state index contributed by atoms with van der Waals surface area (Å²) in [5.74, 6) is 2.64. The molecular weight excluding hydrogens is 284 g/mol. The Morgan fingerprint density at radius 2 is 2.00 bits per heavy atom. The Balaban J connectivity index is 1.99. The molecule has 20 heavy (non-hydrogen) atoms. The standard InChI is InChI=1S/C13H13F2N3OS/c14-10-5-9(6-11(15)12(10)18-16)13(19)17-3-1-8-2-4-20-7-8/h2,4-7,18H,1,3,16H2,(H,17,19). The lowest BCUT2D eigenvalue weighted by Gasteiger charge is -2.08. The van der Waals surface area contributed by atoms with Crippen LogP contribution in [0.3, 0.4) is 0 Å². The molecule has 1 aromatic carbocycles. The molecule has 0 fully saturated rings. The number of benzene rings is 1. The molecule has 0 bridgehead atoms. The zero-order chi connectivity index (χ0) is 14.5. The molecule has 106 valence electrons. The van der Waals surface area contributed by atoms with E-state index in [1.54, 1.807) is 11.3 Å². The number of nitrogens with one attached hydrogen (secondary N) is 2. The third kappa shape index (κ3) is 3.31. The maximum Gasteiger partial charge on any atom is 0.251 e. The molecule has 0 spiro atoms. The van der Waals surface area contributed by atoms with Crippen molar-refractivity contribution in [3.63, 3.8) is 0 Å². The molecule has 0 aliphatic carbocycles. The van der Waals surface area contributed by atoms with E-state index in [0.29, 0.717) is 13.0 Å². The highest BCUT2D eigenvalue weighted by atomic mass is 32.1. The highest BCUT2D eigenvalue weighted by Crippen LogP contribution is 2.19. The second kappa shape index (κ2) is 6.44. The number of halogens is 2. The average molecular weight is 297 g/mol. The number of hydrogen-bond acceptors (Lipinski definition) is 4. The van der Waals surface area contributed by atoms with E-state index < -0.39 is 23.2 Å². The fourth-order valence-corrected chi connectivity index (χ4v) is 2.40. The summed E-state index contributed by atoms with van der Waals surface area (Å²) in [6, 6.07) is 3.84. The highest BCUT2D eigenvalue weighted by molar-refractivity contribution is 7.07. The number of nitrogen functional groups attached to an aromatic ring is 1. The topological polar surface area (TPSA) is 67.1 Å². The van der Waals surface area contributed by atoms with E-state index in [1.165, 1.54) is 0 Å². The van der Waals surface area contributed by atoms with Crippen molar-refractivity contribution in [1.29, 1.82) is 0 Å². The lowest BCUT2D eigenvalue weighted by molar-refractivity contribution is 0.0953. The Hall–Kier alpha value is -1.99. The number of carbonyl (C=O) groups is 1. The van der Waals surface area contributed by atoms with Gasteiger partial charge in [0.05, 0.1) is 0 Å². The van der Waals surface area contributed by atoms with E-state index in [2.05, 4.69) is 5.32 Å². The van der Waals surface area contributed by atoms with Crippen LogP contribution in [-0.4, -0.2) is 12.5 Å². The van der Waals surface area contributed by atoms with Crippen LogP contribution < -0.4 is 16.6 Å². The molecule has 0 saturated heterocycles. The molecule has 0 saturated carbocycles. The second-order valence-corrected chi connectivity index (χ2v) is 4.88. The third-order valence-corrected chi connectivity index (χ3v) is 3.46. The van der Waals surface area contributed by atoms with Crippen LogP contribution in [0.5, 0.6) is 0 Å². The van der Waals surface area contributed by atoms with Gasteiger partial charge < -0.3 is 10.7 Å². The summed E-state index contributed by atoms with van der Waals surface area (Å²) in [5, 5.41) is 6.53. The lowest BCUT2D eigenvalue weighted by atomic mass is 10.1. The zero-order valence-corrected chi connectivity index (χ0v) is 11.3. The molecule has 1 aromatic heterocycles. The van der Waals surface area contributed by atoms with Gasteiger partial charge in [-0.25, -0.2) is 8.78 Å². The first-order valence-corrected chi connectivity index (χ1v) is 6.81. The van der Waals surface area contributed by atoms with Gasteiger partial charge in [-0.1, -0.05) is 0 Å². The molecule has 0 radical (unpaired) electrons. The Bertz CT molecular complexity index is 579. The number of thiophene rings is 1. The quantitative estimate of drug-likeness (QED) is 0.586. The minimum Gasteiger partial charge on any atom is -0.352 e. The van der Waals surface area contributed by atoms with Crippen LogP contribution >= 0.6 is 11.3 Å². The lowest BCUT2D eigenvalue weighted by Crippen LogP contribution is -2.26. The monoisotopic (exact) mass is 297 g/mol. The predicted molar refractivity (Wildman–Crippen MR) is 74.5 cm³/mol. The largest absolute Gasteiger partial charge is 0.352 e. The maximum absolute atomic E-state index is 13.5. The number of nitrogens with two attached hydrogens (primary N) is 1. The molecule has 4 N–H and O–H groups in total. The van der Waals surface area contributed by atoms with Gasteiger partial charge in [-0.2, -0.15) is 11.3 Å². The molecule has 0 aliphatic heterocycles. The first-order valence-electron chi connectivity index (χ1n) is 5.86. The number of rotatable bonds is 5. The smallest absolute Gasteiger partial charge is 0.251 e. The molecular formula is C13H13F2N3OS. The zero-order valence-electron chi connectivity index (χ0n) is 10.5. The van der Waals surface area contributed by atoms with Crippen LogP contribution in [0.2, 0.25) is 0 Å². The summed E-state index contributed by atoms with van der Waals surface area (Å²) in [7, 11) is 0. The summed E-state index contributed by atoms with van der Waals surface area (Å²) in [6.45, 7) is 0.399. The Morgan fingerprint density at radius 1 is 1.30 bits per heavy atom. The van der Waals surface area contributed by atoms with Crippen molar-refractivity contribution in [2.45, 2.75) is 6.42 Å². The van der Waals surface area contributed by atoms with E-state index in [9.17, 15) is 13.6 Å². The Kier molecular flexibility index (Phi) is 4.65. The van der Waals surface area contributed by atoms with Crippen molar-refractivity contribution in [3.8, 4) is 0 Å². The van der Waals surface area contributed by atoms with Gasteiger partial charge >= 0.3 is 0 Å². The summed E-state index contributed by atoms with van der Waals surface area (Å²) in [5.41, 5.74) is 2.48. The molecule has 0 unspecified atom stereocenters. The van der Waals surface area contributed by atoms with Gasteiger partial charge in [-0.15, -0.1) is 0 Å². The summed E-state index contributed by atoms with van der Waals surface area (Å²) >= 11 is 1.57. The number of anilines is 1. The minimum atomic E-state index is -0.907. The second-order valence-electron chi connectivity index (χ2n) is 4.10. The van der Waals surface area contributed by atoms with Crippen molar-refractivity contribution >= 4 is 22.9 Å². The van der Waals surface area contributed by atoms with Gasteiger partial charge in [0, 0.05) is 12.1 Å². The number of hydrogen-bond donors (Lipinski definition) is 3. The SMILES string of the molecule is NNc1c(F)cc(C(=O)NCCc2ccsc2)cc1F. The normalized spacial score (nSPS) is 10.3. The fraction of sp³-hybridized carbons (Fsp3) is 0.154. The number of amides is 1. The van der Waals surface area contributed by atoms with Crippen LogP contribution in [-0.2, 0) is 6.42 Å². The van der Waals surface area contributed by atoms with Gasteiger partial charge in [0.2, 0.25) is 0 Å². The minimum absolute atomic E-state index is 0.0793. The molecule has 1 amide bonds. The predicted octanol–water partition coefficient (Wildman–Crippen LogP) is 2.28. The molecule has 0 aliphatic rings. The van der Waals surface area contributed by atoms with Gasteiger partial charge in [0.15, 0.2) is 11.6 Å². The summed E-state index contributed by atoms with van der Waals surface area (Å²) < 4.78 is 26.9. The van der Waals surface area contributed by atoms with Gasteiger partial charge in [0.1, 0.15) is 5.69 Å². The summed E-state index contributed by atoms with van der Waals surface area (Å²) in [6.07, 6.45) is 0.669. The maximum atomic E-state index is 13.5. The highest BCUT2D eigenvalue weighted by Gasteiger charge is 2.14. The van der Waals surface area contributed by atoms with Crippen molar-refractivity contribution in [2.24, 2.45) is 5.84 Å². The fourth-order valence-electron chi connectivity index (χ4n) is 1.70. The van der Waals surface area contributed by atoms with Crippen LogP contribution in [0.15, 0.2) is 29.0 Å². The van der Waals surface area contributed by atoms with Crippen molar-refractivity contribution in [2.75, 3.05) is 12.0 Å². The van der Waals surface area contributed by atoms with Crippen LogP contribution in [0.4, 0.5) is 14.5 Å². The van der Waals surface area contributed by atoms with E-state index >= 15 is 0 Å². The van der Waals surface area contributed by atoms with E-state index in [0.717, 1.165) is 17.7 Å². The Labute approximate surface area is 118 Å². The van der Waals surface area contributed by atoms with E-state index in [1.807, 2.05) is 22.3 Å². The van der Waals surface area contributed by atoms with Crippen molar-refractivity contribution in [3.05, 3.63) is 51.7 Å².